The number of hydrogen-bond donors (Lipinski definition) is 2. The van der Waals surface area contributed by atoms with Gasteiger partial charge in [0.25, 0.3) is 0 Å². The maximum absolute atomic E-state index is 11.4. The summed E-state index contributed by atoms with van der Waals surface area (Å²) in [6, 6.07) is 1.69. The average molecular weight is 291 g/mol. The number of nitrogens with zero attached hydrogens (tertiary/aromatic N) is 1. The summed E-state index contributed by atoms with van der Waals surface area (Å²) in [5.74, 6) is 6.27. The van der Waals surface area contributed by atoms with Crippen molar-refractivity contribution in [2.75, 3.05) is 19.4 Å². The summed E-state index contributed by atoms with van der Waals surface area (Å²) in [5, 5.41) is 2.63. The molecule has 0 radical (unpaired) electrons. The van der Waals surface area contributed by atoms with Crippen molar-refractivity contribution >= 4 is 11.8 Å². The van der Waals surface area contributed by atoms with Gasteiger partial charge < -0.3 is 20.5 Å². The van der Waals surface area contributed by atoms with Crippen LogP contribution in [0.2, 0.25) is 0 Å². The molecule has 0 spiro atoms. The third-order valence-corrected chi connectivity index (χ3v) is 2.21. The molecule has 1 heterocycles. The number of nitrogens with two attached hydrogens (primary N) is 1. The molecule has 3 N–H and O–H groups in total. The Morgan fingerprint density at radius 1 is 1.48 bits per heavy atom. The molecule has 114 valence electrons. The number of hydrogen-bond acceptors (Lipinski definition) is 5. The van der Waals surface area contributed by atoms with Crippen LogP contribution in [0.25, 0.3) is 0 Å². The largest absolute Gasteiger partial charge is 0.480 e. The third-order valence-electron chi connectivity index (χ3n) is 2.21. The van der Waals surface area contributed by atoms with Gasteiger partial charge >= 0.3 is 6.09 Å². The maximum atomic E-state index is 11.4. The highest BCUT2D eigenvalue weighted by atomic mass is 16.6. The first-order chi connectivity index (χ1) is 9.81. The fourth-order valence-electron chi connectivity index (χ4n) is 1.42. The molecule has 1 aromatic rings. The van der Waals surface area contributed by atoms with E-state index in [1.54, 1.807) is 6.07 Å². The Hall–Kier alpha value is -2.42. The Bertz CT molecular complexity index is 554. The molecule has 0 fully saturated rings. The van der Waals surface area contributed by atoms with Crippen molar-refractivity contribution in [3.05, 3.63) is 17.8 Å². The first kappa shape index (κ1) is 16.6. The first-order valence-electron chi connectivity index (χ1n) is 6.57. The van der Waals surface area contributed by atoms with E-state index in [0.29, 0.717) is 30.1 Å². The maximum Gasteiger partial charge on any atom is 0.407 e. The lowest BCUT2D eigenvalue weighted by atomic mass is 10.2. The number of nitrogen functional groups attached to an aromatic ring is 1. The van der Waals surface area contributed by atoms with Gasteiger partial charge in [-0.3, -0.25) is 0 Å². The number of aromatic nitrogens is 1. The molecule has 0 aromatic carbocycles. The van der Waals surface area contributed by atoms with Gasteiger partial charge in [0.1, 0.15) is 5.60 Å². The smallest absolute Gasteiger partial charge is 0.407 e. The molecular formula is C15H21N3O3. The molecule has 0 saturated heterocycles. The fraction of sp³-hybridized carbons (Fsp3) is 0.467. The van der Waals surface area contributed by atoms with E-state index in [1.807, 2.05) is 20.8 Å². The van der Waals surface area contributed by atoms with E-state index < -0.39 is 11.7 Å². The lowest BCUT2D eigenvalue weighted by Crippen LogP contribution is -2.32. The van der Waals surface area contributed by atoms with E-state index in [9.17, 15) is 4.79 Å². The van der Waals surface area contributed by atoms with E-state index >= 15 is 0 Å². The molecule has 0 unspecified atom stereocenters. The molecule has 1 amide bonds. The first-order valence-corrected chi connectivity index (χ1v) is 6.57. The number of carbonyl (C=O) groups is 1. The Morgan fingerprint density at radius 3 is 2.81 bits per heavy atom. The van der Waals surface area contributed by atoms with Crippen LogP contribution in [-0.2, 0) is 4.74 Å². The summed E-state index contributed by atoms with van der Waals surface area (Å²) < 4.78 is 10.2. The molecule has 6 nitrogen and oxygen atoms in total. The number of anilines is 1. The SMILES string of the molecule is COc1ncc(N)cc1C#CCCNC(=O)OC(C)(C)C. The summed E-state index contributed by atoms with van der Waals surface area (Å²) in [5.41, 5.74) is 6.29. The molecule has 0 aliphatic carbocycles. The van der Waals surface area contributed by atoms with Crippen LogP contribution in [0, 0.1) is 11.8 Å². The minimum Gasteiger partial charge on any atom is -0.480 e. The minimum absolute atomic E-state index is 0.403. The van der Waals surface area contributed by atoms with Crippen molar-refractivity contribution in [2.24, 2.45) is 0 Å². The molecular weight excluding hydrogens is 270 g/mol. The zero-order valence-electron chi connectivity index (χ0n) is 12.8. The fourth-order valence-corrected chi connectivity index (χ4v) is 1.42. The van der Waals surface area contributed by atoms with Gasteiger partial charge in [-0.05, 0) is 26.8 Å². The predicted molar refractivity (Wildman–Crippen MR) is 80.9 cm³/mol. The van der Waals surface area contributed by atoms with Gasteiger partial charge in [-0.1, -0.05) is 11.8 Å². The van der Waals surface area contributed by atoms with Gasteiger partial charge in [-0.15, -0.1) is 0 Å². The summed E-state index contributed by atoms with van der Waals surface area (Å²) >= 11 is 0. The zero-order valence-corrected chi connectivity index (χ0v) is 12.8. The number of amides is 1. The van der Waals surface area contributed by atoms with Crippen LogP contribution in [-0.4, -0.2) is 30.3 Å². The van der Waals surface area contributed by atoms with Gasteiger partial charge in [0.2, 0.25) is 5.88 Å². The number of methoxy groups -OCH3 is 1. The van der Waals surface area contributed by atoms with Crippen LogP contribution >= 0.6 is 0 Å². The summed E-state index contributed by atoms with van der Waals surface area (Å²) in [6.45, 7) is 5.84. The molecule has 0 aliphatic heterocycles. The summed E-state index contributed by atoms with van der Waals surface area (Å²) in [6.07, 6.45) is 1.54. The quantitative estimate of drug-likeness (QED) is 0.656. The predicted octanol–water partition coefficient (Wildman–Crippen LogP) is 1.94. The normalized spacial score (nSPS) is 10.3. The van der Waals surface area contributed by atoms with Gasteiger partial charge in [0, 0.05) is 13.0 Å². The van der Waals surface area contributed by atoms with Gasteiger partial charge in [0.05, 0.1) is 24.6 Å². The Morgan fingerprint density at radius 2 is 2.19 bits per heavy atom. The second kappa shape index (κ2) is 7.39. The number of carbonyl (C=O) groups excluding carboxylic acids is 1. The number of rotatable bonds is 3. The van der Waals surface area contributed by atoms with Crippen LogP contribution in [0.5, 0.6) is 5.88 Å². The second-order valence-electron chi connectivity index (χ2n) is 5.31. The third kappa shape index (κ3) is 6.52. The molecule has 0 saturated carbocycles. The molecule has 1 rings (SSSR count). The minimum atomic E-state index is -0.504. The number of ether oxygens (including phenoxy) is 2. The van der Waals surface area contributed by atoms with Crippen LogP contribution in [0.1, 0.15) is 32.8 Å². The van der Waals surface area contributed by atoms with Crippen LogP contribution in [0.4, 0.5) is 10.5 Å². The summed E-state index contributed by atoms with van der Waals surface area (Å²) in [4.78, 5) is 15.4. The molecule has 21 heavy (non-hydrogen) atoms. The summed E-state index contributed by atoms with van der Waals surface area (Å²) in [7, 11) is 1.52. The molecule has 0 aliphatic rings. The van der Waals surface area contributed by atoms with Crippen molar-refractivity contribution in [1.29, 1.82) is 0 Å². The highest BCUT2D eigenvalue weighted by Gasteiger charge is 2.15. The van der Waals surface area contributed by atoms with Crippen molar-refractivity contribution in [3.8, 4) is 17.7 Å². The Kier molecular flexibility index (Phi) is 5.85. The molecule has 1 aromatic heterocycles. The van der Waals surface area contributed by atoms with E-state index in [4.69, 9.17) is 15.2 Å². The highest BCUT2D eigenvalue weighted by Crippen LogP contribution is 2.15. The van der Waals surface area contributed by atoms with Crippen LogP contribution < -0.4 is 15.8 Å². The van der Waals surface area contributed by atoms with Crippen LogP contribution in [0.15, 0.2) is 12.3 Å². The standard InChI is InChI=1S/C15H21N3O3/c1-15(2,3)21-14(19)17-8-6-5-7-11-9-12(16)10-18-13(11)20-4/h9-10H,6,8,16H2,1-4H3,(H,17,19). The highest BCUT2D eigenvalue weighted by molar-refractivity contribution is 5.67. The van der Waals surface area contributed by atoms with E-state index in [1.165, 1.54) is 13.3 Å². The Labute approximate surface area is 125 Å². The number of pyridine rings is 1. The van der Waals surface area contributed by atoms with Crippen LogP contribution in [0.3, 0.4) is 0 Å². The monoisotopic (exact) mass is 291 g/mol. The zero-order chi connectivity index (χ0) is 15.9. The van der Waals surface area contributed by atoms with Crippen molar-refractivity contribution in [3.63, 3.8) is 0 Å². The molecule has 6 heteroatoms. The number of nitrogens with one attached hydrogen (secondary N) is 1. The van der Waals surface area contributed by atoms with Crippen molar-refractivity contribution in [2.45, 2.75) is 32.8 Å². The Balaban J connectivity index is 2.47. The van der Waals surface area contributed by atoms with Gasteiger partial charge in [-0.25, -0.2) is 9.78 Å². The van der Waals surface area contributed by atoms with Crippen molar-refractivity contribution < 1.29 is 14.3 Å². The van der Waals surface area contributed by atoms with E-state index in [0.717, 1.165) is 0 Å². The molecule has 0 bridgehead atoms. The van der Waals surface area contributed by atoms with Gasteiger partial charge in [-0.2, -0.15) is 0 Å². The van der Waals surface area contributed by atoms with E-state index in [-0.39, 0.29) is 0 Å². The second-order valence-corrected chi connectivity index (χ2v) is 5.31. The van der Waals surface area contributed by atoms with Crippen molar-refractivity contribution in [1.82, 2.24) is 10.3 Å². The average Bonchev–Trinajstić information content (AvgIpc) is 2.36. The van der Waals surface area contributed by atoms with Gasteiger partial charge in [0.15, 0.2) is 0 Å². The molecule has 0 atom stereocenters. The van der Waals surface area contributed by atoms with E-state index in [2.05, 4.69) is 22.1 Å². The lowest BCUT2D eigenvalue weighted by molar-refractivity contribution is 0.0529. The topological polar surface area (TPSA) is 86.5 Å². The number of alkyl carbamates (subject to hydrolysis) is 1. The lowest BCUT2D eigenvalue weighted by Gasteiger charge is -2.19.